The highest BCUT2D eigenvalue weighted by atomic mass is 15.2. The molecule has 274 valence electrons. The van der Waals surface area contributed by atoms with Crippen molar-refractivity contribution in [3.05, 3.63) is 194 Å². The third kappa shape index (κ3) is 4.97. The third-order valence-corrected chi connectivity index (χ3v) is 11.5. The van der Waals surface area contributed by atoms with Crippen molar-refractivity contribution in [2.75, 3.05) is 0 Å². The maximum absolute atomic E-state index is 10.9. The highest BCUT2D eigenvalue weighted by Gasteiger charge is 2.22. The first kappa shape index (κ1) is 32.9. The summed E-state index contributed by atoms with van der Waals surface area (Å²) in [5.41, 5.74) is 10.3. The van der Waals surface area contributed by atoms with Gasteiger partial charge in [0, 0.05) is 49.1 Å². The zero-order valence-corrected chi connectivity index (χ0v) is 31.5. The minimum absolute atomic E-state index is 0.483. The summed E-state index contributed by atoms with van der Waals surface area (Å²) in [7, 11) is 0. The van der Waals surface area contributed by atoms with Crippen LogP contribution < -0.4 is 0 Å². The lowest BCUT2D eigenvalue weighted by atomic mass is 10.1. The predicted molar refractivity (Wildman–Crippen MR) is 238 cm³/mol. The molecule has 59 heavy (non-hydrogen) atoms. The zero-order valence-electron chi connectivity index (χ0n) is 31.5. The first-order chi connectivity index (χ1) is 29.2. The number of hydrogen-bond acceptors (Lipinski definition) is 4. The van der Waals surface area contributed by atoms with Gasteiger partial charge >= 0.3 is 0 Å². The van der Waals surface area contributed by atoms with Gasteiger partial charge in [0.1, 0.15) is 6.07 Å². The van der Waals surface area contributed by atoms with Crippen molar-refractivity contribution in [1.29, 1.82) is 5.26 Å². The largest absolute Gasteiger partial charge is 0.309 e. The fourth-order valence-corrected chi connectivity index (χ4v) is 8.95. The highest BCUT2D eigenvalue weighted by molar-refractivity contribution is 6.19. The lowest BCUT2D eigenvalue weighted by molar-refractivity contribution is 0.953. The summed E-state index contributed by atoms with van der Waals surface area (Å²) in [5.74, 6) is 1.54. The van der Waals surface area contributed by atoms with Crippen molar-refractivity contribution in [3.63, 3.8) is 0 Å². The molecule has 0 atom stereocenters. The predicted octanol–water partition coefficient (Wildman–Crippen LogP) is 12.4. The van der Waals surface area contributed by atoms with Gasteiger partial charge in [-0.3, -0.25) is 4.57 Å². The van der Waals surface area contributed by atoms with Gasteiger partial charge in [-0.1, -0.05) is 121 Å². The Morgan fingerprint density at radius 1 is 0.356 bits per heavy atom. The maximum Gasteiger partial charge on any atom is 0.238 e. The molecule has 4 aromatic heterocycles. The van der Waals surface area contributed by atoms with Crippen LogP contribution in [0.4, 0.5) is 0 Å². The van der Waals surface area contributed by atoms with Gasteiger partial charge in [0.25, 0.3) is 0 Å². The Morgan fingerprint density at radius 2 is 0.814 bits per heavy atom. The maximum atomic E-state index is 10.9. The lowest BCUT2D eigenvalue weighted by Crippen LogP contribution is -2.06. The smallest absolute Gasteiger partial charge is 0.238 e. The van der Waals surface area contributed by atoms with Crippen LogP contribution in [0.15, 0.2) is 188 Å². The standard InChI is InChI=1S/C52H31N7/c53-32-35-29-34(51-54-50(33-15-3-1-4-16-33)55-52(56-51)59-46-25-13-7-19-37(46)38-20-8-14-26-47(38)59)27-28-43(35)58-45-24-12-10-22-40(45)42-30-48-41(31-49(42)58)39-21-9-11-23-44(39)57(48)36-17-5-2-6-18-36/h1-31H. The first-order valence-corrected chi connectivity index (χ1v) is 19.6. The summed E-state index contributed by atoms with van der Waals surface area (Å²) < 4.78 is 6.68. The molecule has 7 heteroatoms. The molecular weight excluding hydrogens is 723 g/mol. The van der Waals surface area contributed by atoms with Gasteiger partial charge < -0.3 is 9.13 Å². The molecule has 8 aromatic carbocycles. The Labute approximate surface area is 337 Å². The van der Waals surface area contributed by atoms with Crippen LogP contribution in [-0.4, -0.2) is 28.7 Å². The summed E-state index contributed by atoms with van der Waals surface area (Å²) in [4.78, 5) is 15.3. The van der Waals surface area contributed by atoms with Crippen molar-refractivity contribution in [2.24, 2.45) is 0 Å². The van der Waals surface area contributed by atoms with Crippen molar-refractivity contribution < 1.29 is 0 Å². The van der Waals surface area contributed by atoms with Gasteiger partial charge in [-0.05, 0) is 66.7 Å². The molecule has 0 aliphatic heterocycles. The molecule has 0 saturated carbocycles. The number of fused-ring (bicyclic) bond motifs is 9. The topological polar surface area (TPSA) is 77.2 Å². The molecule has 0 N–H and O–H groups in total. The Morgan fingerprint density at radius 3 is 1.39 bits per heavy atom. The monoisotopic (exact) mass is 753 g/mol. The Hall–Kier alpha value is -8.34. The van der Waals surface area contributed by atoms with Gasteiger partial charge in [-0.25, -0.2) is 4.98 Å². The quantitative estimate of drug-likeness (QED) is 0.175. The summed E-state index contributed by atoms with van der Waals surface area (Å²) >= 11 is 0. The van der Waals surface area contributed by atoms with Crippen molar-refractivity contribution in [3.8, 4) is 46.2 Å². The van der Waals surface area contributed by atoms with E-state index in [4.69, 9.17) is 15.0 Å². The van der Waals surface area contributed by atoms with Crippen LogP contribution >= 0.6 is 0 Å². The fourth-order valence-electron chi connectivity index (χ4n) is 8.95. The van der Waals surface area contributed by atoms with Crippen LogP contribution in [0.1, 0.15) is 5.56 Å². The average molecular weight is 754 g/mol. The molecule has 4 heterocycles. The molecule has 0 aliphatic rings. The van der Waals surface area contributed by atoms with E-state index in [0.717, 1.165) is 82.5 Å². The van der Waals surface area contributed by atoms with Crippen LogP contribution in [-0.2, 0) is 0 Å². The Bertz CT molecular complexity index is 3630. The molecule has 0 spiro atoms. The van der Waals surface area contributed by atoms with E-state index in [1.54, 1.807) is 0 Å². The van der Waals surface area contributed by atoms with Crippen LogP contribution in [0.3, 0.4) is 0 Å². The van der Waals surface area contributed by atoms with Crippen LogP contribution in [0.2, 0.25) is 0 Å². The number of benzene rings is 8. The van der Waals surface area contributed by atoms with E-state index in [0.29, 0.717) is 23.2 Å². The summed E-state index contributed by atoms with van der Waals surface area (Å²) in [5, 5.41) is 17.7. The lowest BCUT2D eigenvalue weighted by Gasteiger charge is -2.13. The minimum Gasteiger partial charge on any atom is -0.309 e. The van der Waals surface area contributed by atoms with E-state index >= 15 is 0 Å². The molecule has 0 radical (unpaired) electrons. The number of nitriles is 1. The van der Waals surface area contributed by atoms with Crippen LogP contribution in [0, 0.1) is 11.3 Å². The van der Waals surface area contributed by atoms with Crippen LogP contribution in [0.25, 0.3) is 106 Å². The van der Waals surface area contributed by atoms with Crippen LogP contribution in [0.5, 0.6) is 0 Å². The average Bonchev–Trinajstić information content (AvgIpc) is 3.94. The summed E-state index contributed by atoms with van der Waals surface area (Å²) in [6.45, 7) is 0. The number of nitrogens with zero attached hydrogens (tertiary/aromatic N) is 7. The molecular formula is C52H31N7. The Kier molecular flexibility index (Phi) is 7.16. The van der Waals surface area contributed by atoms with Gasteiger partial charge in [0.2, 0.25) is 5.95 Å². The van der Waals surface area contributed by atoms with E-state index in [9.17, 15) is 5.26 Å². The third-order valence-electron chi connectivity index (χ3n) is 11.5. The molecule has 0 bridgehead atoms. The molecule has 0 fully saturated rings. The molecule has 7 nitrogen and oxygen atoms in total. The Balaban J connectivity index is 1.08. The van der Waals surface area contributed by atoms with Gasteiger partial charge in [-0.15, -0.1) is 0 Å². The van der Waals surface area contributed by atoms with E-state index < -0.39 is 0 Å². The second-order valence-electron chi connectivity index (χ2n) is 14.8. The number of aromatic nitrogens is 6. The molecule has 12 rings (SSSR count). The second kappa shape index (κ2) is 12.8. The van der Waals surface area contributed by atoms with E-state index in [1.807, 2.05) is 60.7 Å². The van der Waals surface area contributed by atoms with Crippen molar-refractivity contribution in [1.82, 2.24) is 28.7 Å². The molecule has 0 unspecified atom stereocenters. The van der Waals surface area contributed by atoms with Crippen molar-refractivity contribution >= 4 is 65.4 Å². The van der Waals surface area contributed by atoms with E-state index in [2.05, 4.69) is 147 Å². The summed E-state index contributed by atoms with van der Waals surface area (Å²) in [6.07, 6.45) is 0. The van der Waals surface area contributed by atoms with E-state index in [-0.39, 0.29) is 0 Å². The van der Waals surface area contributed by atoms with Gasteiger partial charge in [0.15, 0.2) is 11.6 Å². The highest BCUT2D eigenvalue weighted by Crippen LogP contribution is 2.40. The normalized spacial score (nSPS) is 11.7. The van der Waals surface area contributed by atoms with E-state index in [1.165, 1.54) is 5.39 Å². The minimum atomic E-state index is 0.483. The molecule has 0 aliphatic carbocycles. The number of rotatable bonds is 5. The first-order valence-electron chi connectivity index (χ1n) is 19.6. The SMILES string of the molecule is N#Cc1cc(-c2nc(-c3ccccc3)nc(-n3c4ccccc4c4ccccc43)n2)ccc1-n1c2ccccc2c2cc3c(cc21)c1ccccc1n3-c1ccccc1. The second-order valence-corrected chi connectivity index (χ2v) is 14.8. The number of para-hydroxylation sites is 5. The fraction of sp³-hybridized carbons (Fsp3) is 0. The molecule has 12 aromatic rings. The molecule has 0 amide bonds. The number of hydrogen-bond donors (Lipinski definition) is 0. The summed E-state index contributed by atoms with van der Waals surface area (Å²) in [6, 6.07) is 67.3. The van der Waals surface area contributed by atoms with Gasteiger partial charge in [0.05, 0.1) is 44.4 Å². The zero-order chi connectivity index (χ0) is 39.0. The van der Waals surface area contributed by atoms with Gasteiger partial charge in [-0.2, -0.15) is 15.2 Å². The van der Waals surface area contributed by atoms with Crippen molar-refractivity contribution in [2.45, 2.75) is 0 Å². The molecule has 0 saturated heterocycles.